The molecule has 2 N–H and O–H groups in total. The van der Waals surface area contributed by atoms with Gasteiger partial charge >= 0.3 is 0 Å². The number of hydrogen-bond donors (Lipinski definition) is 2. The van der Waals surface area contributed by atoms with Crippen LogP contribution in [0.15, 0.2) is 42.5 Å². The van der Waals surface area contributed by atoms with Gasteiger partial charge in [-0.1, -0.05) is 13.0 Å². The van der Waals surface area contributed by atoms with Crippen molar-refractivity contribution in [3.63, 3.8) is 0 Å². The summed E-state index contributed by atoms with van der Waals surface area (Å²) in [6.45, 7) is 6.26. The Morgan fingerprint density at radius 3 is 2.21 bits per heavy atom. The van der Waals surface area contributed by atoms with Crippen LogP contribution >= 0.6 is 0 Å². The molecule has 0 unspecified atom stereocenters. The third kappa shape index (κ3) is 5.79. The predicted molar refractivity (Wildman–Crippen MR) is 108 cm³/mol. The normalized spacial score (nSPS) is 11.8. The van der Waals surface area contributed by atoms with Gasteiger partial charge in [-0.2, -0.15) is 0 Å². The molecule has 7 heteroatoms. The van der Waals surface area contributed by atoms with E-state index in [0.29, 0.717) is 24.5 Å². The number of carbonyl (C=O) groups excluding carboxylic acids is 2. The Kier molecular flexibility index (Phi) is 7.52. The molecule has 2 aromatic carbocycles. The summed E-state index contributed by atoms with van der Waals surface area (Å²) < 4.78 is 18.9. The summed E-state index contributed by atoms with van der Waals surface area (Å²) in [5, 5.41) is 5.54. The van der Waals surface area contributed by atoms with Crippen molar-refractivity contribution >= 4 is 23.2 Å². The fraction of sp³-hybridized carbons (Fsp3) is 0.333. The molecule has 2 aromatic rings. The second-order valence-corrected chi connectivity index (χ2v) is 6.46. The molecule has 150 valence electrons. The molecule has 0 saturated heterocycles. The van der Waals surface area contributed by atoms with Crippen LogP contribution in [0, 0.1) is 5.82 Å². The van der Waals surface area contributed by atoms with Gasteiger partial charge in [-0.25, -0.2) is 4.39 Å². The lowest BCUT2D eigenvalue weighted by atomic mass is 10.1. The van der Waals surface area contributed by atoms with Crippen molar-refractivity contribution in [1.82, 2.24) is 4.90 Å². The number of anilines is 2. The van der Waals surface area contributed by atoms with Gasteiger partial charge in [0.05, 0.1) is 13.2 Å². The molecule has 0 aromatic heterocycles. The predicted octanol–water partition coefficient (Wildman–Crippen LogP) is 3.64. The molecule has 0 aliphatic rings. The van der Waals surface area contributed by atoms with E-state index in [4.69, 9.17) is 4.74 Å². The Labute approximate surface area is 164 Å². The number of benzene rings is 2. The Morgan fingerprint density at radius 1 is 1.11 bits per heavy atom. The first kappa shape index (κ1) is 21.4. The van der Waals surface area contributed by atoms with Crippen LogP contribution < -0.4 is 15.4 Å². The zero-order chi connectivity index (χ0) is 20.7. The van der Waals surface area contributed by atoms with E-state index in [1.54, 1.807) is 36.4 Å². The van der Waals surface area contributed by atoms with E-state index < -0.39 is 11.9 Å². The number of methoxy groups -OCH3 is 1. The first-order chi connectivity index (χ1) is 13.3. The number of likely N-dealkylation sites (N-methyl/N-ethyl adjacent to an activating group) is 1. The zero-order valence-corrected chi connectivity index (χ0v) is 16.6. The van der Waals surface area contributed by atoms with Crippen molar-refractivity contribution in [1.29, 1.82) is 0 Å². The summed E-state index contributed by atoms with van der Waals surface area (Å²) in [4.78, 5) is 25.6. The van der Waals surface area contributed by atoms with Crippen molar-refractivity contribution in [2.75, 3.05) is 24.3 Å². The second kappa shape index (κ2) is 9.85. The smallest absolute Gasteiger partial charge is 0.241 e. The fourth-order valence-corrected chi connectivity index (χ4v) is 2.82. The summed E-state index contributed by atoms with van der Waals surface area (Å²) in [5.41, 5.74) is 2.06. The number of rotatable bonds is 8. The van der Waals surface area contributed by atoms with Crippen LogP contribution in [0.1, 0.15) is 26.3 Å². The van der Waals surface area contributed by atoms with Gasteiger partial charge in [0.2, 0.25) is 11.8 Å². The van der Waals surface area contributed by atoms with E-state index >= 15 is 0 Å². The van der Waals surface area contributed by atoms with Crippen LogP contribution in [0.2, 0.25) is 0 Å². The molecule has 1 atom stereocenters. The number of nitrogens with one attached hydrogen (secondary N) is 2. The van der Waals surface area contributed by atoms with Gasteiger partial charge in [0.1, 0.15) is 0 Å². The maximum Gasteiger partial charge on any atom is 0.241 e. The minimum absolute atomic E-state index is 0.154. The molecule has 6 nitrogen and oxygen atoms in total. The molecule has 0 spiro atoms. The van der Waals surface area contributed by atoms with Crippen LogP contribution in [-0.2, 0) is 16.1 Å². The van der Waals surface area contributed by atoms with E-state index in [-0.39, 0.29) is 17.6 Å². The van der Waals surface area contributed by atoms with Crippen molar-refractivity contribution < 1.29 is 18.7 Å². The first-order valence-electron chi connectivity index (χ1n) is 9.09. The Balaban J connectivity index is 2.01. The maximum absolute atomic E-state index is 13.9. The summed E-state index contributed by atoms with van der Waals surface area (Å²) >= 11 is 0. The van der Waals surface area contributed by atoms with E-state index in [0.717, 1.165) is 5.56 Å². The summed E-state index contributed by atoms with van der Waals surface area (Å²) in [6.07, 6.45) is 0. The molecule has 0 aliphatic heterocycles. The highest BCUT2D eigenvalue weighted by Crippen LogP contribution is 2.20. The summed E-state index contributed by atoms with van der Waals surface area (Å²) in [7, 11) is 1.42. The quantitative estimate of drug-likeness (QED) is 0.726. The van der Waals surface area contributed by atoms with E-state index in [2.05, 4.69) is 10.6 Å². The van der Waals surface area contributed by atoms with Crippen LogP contribution in [0.3, 0.4) is 0 Å². The van der Waals surface area contributed by atoms with Gasteiger partial charge < -0.3 is 15.4 Å². The Hall–Kier alpha value is -2.93. The SMILES string of the molecule is CCN(Cc1ccc(OC)c(F)c1)[C@H](C)C(=O)Nc1ccc(NC(C)=O)cc1. The lowest BCUT2D eigenvalue weighted by molar-refractivity contribution is -0.121. The molecule has 0 aliphatic carbocycles. The Morgan fingerprint density at radius 2 is 1.71 bits per heavy atom. The fourth-order valence-electron chi connectivity index (χ4n) is 2.82. The van der Waals surface area contributed by atoms with E-state index in [9.17, 15) is 14.0 Å². The van der Waals surface area contributed by atoms with Gasteiger partial charge in [-0.05, 0) is 55.4 Å². The van der Waals surface area contributed by atoms with Crippen LogP contribution in [0.25, 0.3) is 0 Å². The average Bonchev–Trinajstić information content (AvgIpc) is 2.66. The number of nitrogens with zero attached hydrogens (tertiary/aromatic N) is 1. The highest BCUT2D eigenvalue weighted by Gasteiger charge is 2.21. The standard InChI is InChI=1S/C21H26FN3O3/c1-5-25(13-16-6-11-20(28-4)19(22)12-16)14(2)21(27)24-18-9-7-17(8-10-18)23-15(3)26/h6-12,14H,5,13H2,1-4H3,(H,23,26)(H,24,27)/t14-/m1/s1. The lowest BCUT2D eigenvalue weighted by Crippen LogP contribution is -2.41. The van der Waals surface area contributed by atoms with Gasteiger partial charge in [0, 0.05) is 24.8 Å². The van der Waals surface area contributed by atoms with E-state index in [1.807, 2.05) is 18.7 Å². The van der Waals surface area contributed by atoms with Crippen LogP contribution in [0.4, 0.5) is 15.8 Å². The van der Waals surface area contributed by atoms with Crippen LogP contribution in [-0.4, -0.2) is 36.4 Å². The third-order valence-corrected chi connectivity index (χ3v) is 4.41. The van der Waals surface area contributed by atoms with Crippen molar-refractivity contribution in [3.8, 4) is 5.75 Å². The monoisotopic (exact) mass is 387 g/mol. The summed E-state index contributed by atoms with van der Waals surface area (Å²) in [6, 6.07) is 11.3. The third-order valence-electron chi connectivity index (χ3n) is 4.41. The molecule has 0 saturated carbocycles. The minimum atomic E-state index is -0.424. The molecule has 0 fully saturated rings. The zero-order valence-electron chi connectivity index (χ0n) is 16.6. The average molecular weight is 387 g/mol. The highest BCUT2D eigenvalue weighted by atomic mass is 19.1. The molecule has 0 radical (unpaired) electrons. The largest absolute Gasteiger partial charge is 0.494 e. The van der Waals surface area contributed by atoms with Gasteiger partial charge in [-0.3, -0.25) is 14.5 Å². The van der Waals surface area contributed by atoms with Gasteiger partial charge in [-0.15, -0.1) is 0 Å². The summed E-state index contributed by atoms with van der Waals surface area (Å²) in [5.74, 6) is -0.546. The molecule has 0 bridgehead atoms. The molecule has 28 heavy (non-hydrogen) atoms. The van der Waals surface area contributed by atoms with Crippen molar-refractivity contribution in [2.24, 2.45) is 0 Å². The van der Waals surface area contributed by atoms with Gasteiger partial charge in [0.25, 0.3) is 0 Å². The second-order valence-electron chi connectivity index (χ2n) is 6.46. The number of halogens is 1. The Bertz CT molecular complexity index is 824. The molecule has 0 heterocycles. The first-order valence-corrected chi connectivity index (χ1v) is 9.09. The number of hydrogen-bond acceptors (Lipinski definition) is 4. The molecular formula is C21H26FN3O3. The number of ether oxygens (including phenoxy) is 1. The van der Waals surface area contributed by atoms with Gasteiger partial charge in [0.15, 0.2) is 11.6 Å². The van der Waals surface area contributed by atoms with Crippen LogP contribution in [0.5, 0.6) is 5.75 Å². The maximum atomic E-state index is 13.9. The molecule has 2 amide bonds. The lowest BCUT2D eigenvalue weighted by Gasteiger charge is -2.27. The molecular weight excluding hydrogens is 361 g/mol. The van der Waals surface area contributed by atoms with Crippen molar-refractivity contribution in [2.45, 2.75) is 33.4 Å². The highest BCUT2D eigenvalue weighted by molar-refractivity contribution is 5.95. The van der Waals surface area contributed by atoms with E-state index in [1.165, 1.54) is 20.1 Å². The topological polar surface area (TPSA) is 70.7 Å². The molecule has 2 rings (SSSR count). The number of amides is 2. The minimum Gasteiger partial charge on any atom is -0.494 e. The number of carbonyl (C=O) groups is 2. The van der Waals surface area contributed by atoms with Crippen molar-refractivity contribution in [3.05, 3.63) is 53.8 Å².